The van der Waals surface area contributed by atoms with Gasteiger partial charge in [-0.15, -0.1) is 0 Å². The van der Waals surface area contributed by atoms with Crippen LogP contribution in [0.5, 0.6) is 0 Å². The number of halogens is 1. The van der Waals surface area contributed by atoms with Gasteiger partial charge in [-0.05, 0) is 51.7 Å². The lowest BCUT2D eigenvalue weighted by molar-refractivity contribution is -0.645. The monoisotopic (exact) mass is 714 g/mol. The summed E-state index contributed by atoms with van der Waals surface area (Å²) in [7, 11) is 4.36. The third kappa shape index (κ3) is 16.9. The zero-order valence-electron chi connectivity index (χ0n) is 28.9. The van der Waals surface area contributed by atoms with Crippen molar-refractivity contribution in [2.45, 2.75) is 161 Å². The minimum Gasteiger partial charge on any atom is -1.00 e. The zero-order valence-corrected chi connectivity index (χ0v) is 31.0. The summed E-state index contributed by atoms with van der Waals surface area (Å²) in [5.74, 6) is 0. The molecule has 0 fully saturated rings. The van der Waals surface area contributed by atoms with Gasteiger partial charge in [-0.3, -0.25) is 0 Å². The Morgan fingerprint density at radius 1 is 0.409 bits per heavy atom. The maximum Gasteiger partial charge on any atom is 0.212 e. The van der Waals surface area contributed by atoms with Gasteiger partial charge in [0.15, 0.2) is 0 Å². The van der Waals surface area contributed by atoms with Crippen LogP contribution in [0.4, 0.5) is 0 Å². The van der Waals surface area contributed by atoms with Crippen LogP contribution in [-0.2, 0) is 6.54 Å². The van der Waals surface area contributed by atoms with Gasteiger partial charge >= 0.3 is 0 Å². The molecule has 2 nitrogen and oxygen atoms in total. The molecular weight excluding hydrogens is 647 g/mol. The third-order valence-corrected chi connectivity index (χ3v) is 9.50. The number of pyridine rings is 1. The molecule has 0 bridgehead atoms. The van der Waals surface area contributed by atoms with Gasteiger partial charge < -0.3 is 28.9 Å². The van der Waals surface area contributed by atoms with E-state index in [-0.39, 0.29) is 24.0 Å². The van der Waals surface area contributed by atoms with Crippen LogP contribution in [0.3, 0.4) is 0 Å². The van der Waals surface area contributed by atoms with E-state index in [1.165, 1.54) is 182 Å². The Bertz CT molecular complexity index is 1040. The number of para-hydroxylation sites is 2. The van der Waals surface area contributed by atoms with Crippen LogP contribution in [0.25, 0.3) is 21.8 Å². The minimum absolute atomic E-state index is 0. The van der Waals surface area contributed by atoms with Crippen molar-refractivity contribution in [3.63, 3.8) is 0 Å². The summed E-state index contributed by atoms with van der Waals surface area (Å²) in [5.41, 5.74) is 2.74. The fraction of sp³-hybridized carbons (Fsp3) is 0.683. The summed E-state index contributed by atoms with van der Waals surface area (Å²) < 4.78 is 2.55. The van der Waals surface area contributed by atoms with Crippen LogP contribution >= 0.6 is 0 Å². The van der Waals surface area contributed by atoms with E-state index in [2.05, 4.69) is 78.2 Å². The lowest BCUT2D eigenvalue weighted by Gasteiger charge is -2.08. The van der Waals surface area contributed by atoms with E-state index < -0.39 is 0 Å². The molecule has 0 aliphatic carbocycles. The number of aromatic nitrogens is 1. The summed E-state index contributed by atoms with van der Waals surface area (Å²) in [4.78, 5) is 2.31. The first-order valence-corrected chi connectivity index (χ1v) is 18.7. The van der Waals surface area contributed by atoms with Gasteiger partial charge in [0.25, 0.3) is 0 Å². The third-order valence-electron chi connectivity index (χ3n) is 9.50. The van der Waals surface area contributed by atoms with Crippen molar-refractivity contribution in [1.29, 1.82) is 0 Å². The molecule has 248 valence electrons. The van der Waals surface area contributed by atoms with Crippen LogP contribution in [-0.4, -0.2) is 25.5 Å². The molecule has 3 heteroatoms. The molecule has 1 aromatic heterocycles. The van der Waals surface area contributed by atoms with E-state index in [4.69, 9.17) is 0 Å². The van der Waals surface area contributed by atoms with E-state index >= 15 is 0 Å². The molecule has 3 aromatic rings. The smallest absolute Gasteiger partial charge is 0.212 e. The molecule has 0 N–H and O–H groups in total. The number of unbranched alkanes of at least 4 members (excludes halogenated alkanes) is 23. The van der Waals surface area contributed by atoms with Crippen molar-refractivity contribution in [3.05, 3.63) is 54.6 Å². The number of benzene rings is 2. The standard InChI is InChI=1S/C41H67N2.HI/c1-42(2)35-29-23-21-19-17-15-13-11-9-7-5-3-4-6-8-10-12-14-16-18-20-22-24-30-36-43-40-33-27-25-31-38(40)37-39-32-26-28-34-41(39)43;/h25-28,31-34,37H,3-24,29-30,35-36H2,1-2H3;1H/q+1;/p-1. The first kappa shape index (κ1) is 39.0. The van der Waals surface area contributed by atoms with Gasteiger partial charge in [0.2, 0.25) is 11.0 Å². The van der Waals surface area contributed by atoms with Crippen LogP contribution in [0.1, 0.15) is 154 Å². The summed E-state index contributed by atoms with van der Waals surface area (Å²) in [6.07, 6.45) is 34.6. The van der Waals surface area contributed by atoms with Crippen molar-refractivity contribution in [1.82, 2.24) is 4.90 Å². The van der Waals surface area contributed by atoms with Crippen molar-refractivity contribution >= 4 is 21.8 Å². The molecular formula is C41H67IN2. The van der Waals surface area contributed by atoms with Crippen molar-refractivity contribution in [3.8, 4) is 0 Å². The molecule has 1 heterocycles. The normalized spacial score (nSPS) is 11.5. The molecule has 0 saturated carbocycles. The molecule has 0 saturated heterocycles. The second-order valence-corrected chi connectivity index (χ2v) is 13.7. The Morgan fingerprint density at radius 2 is 0.705 bits per heavy atom. The summed E-state index contributed by atoms with van der Waals surface area (Å²) >= 11 is 0. The minimum atomic E-state index is 0. The van der Waals surface area contributed by atoms with Gasteiger partial charge in [-0.2, -0.15) is 4.57 Å². The van der Waals surface area contributed by atoms with E-state index in [9.17, 15) is 0 Å². The van der Waals surface area contributed by atoms with Gasteiger partial charge in [0.05, 0.1) is 0 Å². The first-order valence-electron chi connectivity index (χ1n) is 18.7. The molecule has 0 radical (unpaired) electrons. The van der Waals surface area contributed by atoms with E-state index in [1.807, 2.05) is 0 Å². The summed E-state index contributed by atoms with van der Waals surface area (Å²) in [6, 6.07) is 20.1. The Labute approximate surface area is 289 Å². The molecule has 0 unspecified atom stereocenters. The predicted molar refractivity (Wildman–Crippen MR) is 191 cm³/mol. The SMILES string of the molecule is CN(C)CCCCCCCCCCCCCCCCCCCCCCCCCC[n+]1c2ccccc2cc2ccccc21.[I-]. The van der Waals surface area contributed by atoms with E-state index in [0.29, 0.717) is 0 Å². The zero-order chi connectivity index (χ0) is 30.2. The van der Waals surface area contributed by atoms with E-state index in [1.54, 1.807) is 0 Å². The molecule has 44 heavy (non-hydrogen) atoms. The highest BCUT2D eigenvalue weighted by molar-refractivity contribution is 5.88. The number of rotatable bonds is 27. The maximum absolute atomic E-state index is 2.55. The first-order chi connectivity index (χ1) is 21.3. The van der Waals surface area contributed by atoms with Crippen molar-refractivity contribution < 1.29 is 28.5 Å². The van der Waals surface area contributed by atoms with E-state index in [0.717, 1.165) is 6.54 Å². The summed E-state index contributed by atoms with van der Waals surface area (Å²) in [6.45, 7) is 2.38. The van der Waals surface area contributed by atoms with Crippen LogP contribution < -0.4 is 28.5 Å². The number of hydrogen-bond acceptors (Lipinski definition) is 1. The van der Waals surface area contributed by atoms with Gasteiger partial charge in [0, 0.05) is 29.3 Å². The quantitative estimate of drug-likeness (QED) is 0.0331. The van der Waals surface area contributed by atoms with Crippen LogP contribution in [0, 0.1) is 0 Å². The highest BCUT2D eigenvalue weighted by atomic mass is 127. The van der Waals surface area contributed by atoms with Gasteiger partial charge in [0.1, 0.15) is 6.54 Å². The maximum atomic E-state index is 2.55. The fourth-order valence-corrected chi connectivity index (χ4v) is 6.84. The molecule has 0 atom stereocenters. The topological polar surface area (TPSA) is 7.12 Å². The Balaban J connectivity index is 0.00000675. The predicted octanol–water partition coefficient (Wildman–Crippen LogP) is 9.21. The Kier molecular flexibility index (Phi) is 23.0. The molecule has 0 spiro atoms. The van der Waals surface area contributed by atoms with Crippen molar-refractivity contribution in [2.24, 2.45) is 0 Å². The molecule has 0 aliphatic heterocycles. The highest BCUT2D eigenvalue weighted by Crippen LogP contribution is 2.19. The largest absolute Gasteiger partial charge is 1.00 e. The Morgan fingerprint density at radius 3 is 1.05 bits per heavy atom. The van der Waals surface area contributed by atoms with Gasteiger partial charge in [-0.25, -0.2) is 0 Å². The number of aryl methyl sites for hydroxylation is 1. The lowest BCUT2D eigenvalue weighted by Crippen LogP contribution is -3.00. The van der Waals surface area contributed by atoms with Crippen molar-refractivity contribution in [2.75, 3.05) is 20.6 Å². The second kappa shape index (κ2) is 25.9. The average Bonchev–Trinajstić information content (AvgIpc) is 3.02. The molecule has 0 aliphatic rings. The highest BCUT2D eigenvalue weighted by Gasteiger charge is 2.14. The molecule has 2 aromatic carbocycles. The molecule has 3 rings (SSSR count). The number of fused-ring (bicyclic) bond motifs is 2. The fourth-order valence-electron chi connectivity index (χ4n) is 6.84. The second-order valence-electron chi connectivity index (χ2n) is 13.7. The number of nitrogens with zero attached hydrogens (tertiary/aromatic N) is 2. The lowest BCUT2D eigenvalue weighted by atomic mass is 10.0. The average molecular weight is 715 g/mol. The Hall–Kier alpha value is -1.20. The molecule has 0 amide bonds. The van der Waals surface area contributed by atoms with Gasteiger partial charge in [-0.1, -0.05) is 159 Å². The summed E-state index contributed by atoms with van der Waals surface area (Å²) in [5, 5.41) is 2.70. The van der Waals surface area contributed by atoms with Crippen LogP contribution in [0.2, 0.25) is 0 Å². The van der Waals surface area contributed by atoms with Crippen LogP contribution in [0.15, 0.2) is 54.6 Å². The number of hydrogen-bond donors (Lipinski definition) is 0.